The molecule has 0 saturated carbocycles. The summed E-state index contributed by atoms with van der Waals surface area (Å²) in [5.74, 6) is -0.903. The molecule has 0 saturated heterocycles. The SMILES string of the molecule is CCCCCCCCCCCCCCCCCC(=O)[O-].N.N.[Cl-].[Pt+2]. The average Bonchev–Trinajstić information content (AvgIpc) is 2.43. The molecule has 24 heavy (non-hydrogen) atoms. The number of carbonyl (C=O) groups is 1. The third-order valence-electron chi connectivity index (χ3n) is 3.98. The van der Waals surface area contributed by atoms with Gasteiger partial charge >= 0.3 is 21.1 Å². The van der Waals surface area contributed by atoms with Crippen molar-refractivity contribution in [2.24, 2.45) is 0 Å². The first kappa shape index (κ1) is 35.5. The molecule has 6 N–H and O–H groups in total. The van der Waals surface area contributed by atoms with Gasteiger partial charge in [0.15, 0.2) is 0 Å². The Bertz CT molecular complexity index is 223. The summed E-state index contributed by atoms with van der Waals surface area (Å²) < 4.78 is 0. The summed E-state index contributed by atoms with van der Waals surface area (Å²) in [5, 5.41) is 10.2. The van der Waals surface area contributed by atoms with Crippen LogP contribution in [0.1, 0.15) is 110 Å². The van der Waals surface area contributed by atoms with Crippen LogP contribution in [-0.2, 0) is 25.9 Å². The van der Waals surface area contributed by atoms with Gasteiger partial charge in [-0.2, -0.15) is 0 Å². The molecule has 0 amide bonds. The molecule has 4 nitrogen and oxygen atoms in total. The number of carbonyl (C=O) groups excluding carboxylic acids is 1. The van der Waals surface area contributed by atoms with E-state index in [0.29, 0.717) is 0 Å². The van der Waals surface area contributed by atoms with Gasteiger partial charge in [-0.1, -0.05) is 96.8 Å². The van der Waals surface area contributed by atoms with Crippen molar-refractivity contribution in [1.29, 1.82) is 0 Å². The van der Waals surface area contributed by atoms with Gasteiger partial charge in [-0.15, -0.1) is 0 Å². The van der Waals surface area contributed by atoms with Crippen molar-refractivity contribution in [2.75, 3.05) is 0 Å². The van der Waals surface area contributed by atoms with Crippen LogP contribution in [0.15, 0.2) is 0 Å². The minimum atomic E-state index is -0.903. The molecule has 0 rings (SSSR count). The van der Waals surface area contributed by atoms with Gasteiger partial charge in [0, 0.05) is 5.97 Å². The van der Waals surface area contributed by atoms with E-state index in [0.717, 1.165) is 12.8 Å². The predicted octanol–water partition coefficient (Wildman–Crippen LogP) is 2.32. The molecule has 0 aromatic rings. The van der Waals surface area contributed by atoms with E-state index < -0.39 is 5.97 Å². The summed E-state index contributed by atoms with van der Waals surface area (Å²) in [4.78, 5) is 10.2. The average molecular weight is 548 g/mol. The fourth-order valence-electron chi connectivity index (χ4n) is 2.64. The maximum atomic E-state index is 10.2. The maximum absolute atomic E-state index is 10.2. The monoisotopic (exact) mass is 547 g/mol. The van der Waals surface area contributed by atoms with E-state index in [2.05, 4.69) is 6.92 Å². The molecule has 6 heteroatoms. The zero-order chi connectivity index (χ0) is 14.9. The fourth-order valence-corrected chi connectivity index (χ4v) is 2.64. The van der Waals surface area contributed by atoms with Crippen LogP contribution in [0.2, 0.25) is 0 Å². The molecule has 0 spiro atoms. The molecule has 0 aliphatic carbocycles. The van der Waals surface area contributed by atoms with Gasteiger partial charge in [0.1, 0.15) is 0 Å². The summed E-state index contributed by atoms with van der Waals surface area (Å²) in [7, 11) is 0. The quantitative estimate of drug-likeness (QED) is 0.289. The van der Waals surface area contributed by atoms with Crippen LogP contribution in [0.4, 0.5) is 0 Å². The van der Waals surface area contributed by atoms with E-state index in [1.54, 1.807) is 0 Å². The molecule has 0 aromatic heterocycles. The Labute approximate surface area is 171 Å². The molecular weight excluding hydrogens is 507 g/mol. The second kappa shape index (κ2) is 31.2. The topological polar surface area (TPSA) is 110 Å². The predicted molar refractivity (Wildman–Crippen MR) is 94.6 cm³/mol. The van der Waals surface area contributed by atoms with Crippen LogP contribution in [0.25, 0.3) is 0 Å². The van der Waals surface area contributed by atoms with E-state index in [1.807, 2.05) is 0 Å². The standard InChI is InChI=1S/C18H36O2.ClH.2H3N.Pt/c1-2-3-4-5-6-7-8-9-10-11-12-13-14-15-16-17-18(19)20;;;;/h2-17H2,1H3,(H,19,20);1H;2*1H3;/q;;;;+2/p-2. The molecule has 0 aliphatic rings. The number of unbranched alkanes of at least 4 members (excludes halogenated alkanes) is 14. The molecule has 0 radical (unpaired) electrons. The summed E-state index contributed by atoms with van der Waals surface area (Å²) in [6, 6.07) is 0. The second-order valence-corrected chi connectivity index (χ2v) is 6.07. The third kappa shape index (κ3) is 33.9. The van der Waals surface area contributed by atoms with Crippen molar-refractivity contribution in [3.63, 3.8) is 0 Å². The number of halogens is 1. The van der Waals surface area contributed by atoms with E-state index in [-0.39, 0.29) is 52.2 Å². The van der Waals surface area contributed by atoms with Crippen LogP contribution in [0, 0.1) is 0 Å². The third-order valence-corrected chi connectivity index (χ3v) is 3.98. The van der Waals surface area contributed by atoms with Gasteiger partial charge in [0.05, 0.1) is 0 Å². The van der Waals surface area contributed by atoms with Crippen LogP contribution in [0.5, 0.6) is 0 Å². The molecule has 0 aromatic carbocycles. The number of hydrogen-bond acceptors (Lipinski definition) is 4. The number of hydrogen-bond donors (Lipinski definition) is 2. The van der Waals surface area contributed by atoms with E-state index in [9.17, 15) is 9.90 Å². The van der Waals surface area contributed by atoms with Crippen molar-refractivity contribution in [3.8, 4) is 0 Å². The Morgan fingerprint density at radius 1 is 0.625 bits per heavy atom. The first-order chi connectivity index (χ1) is 9.77. The molecule has 0 fully saturated rings. The maximum Gasteiger partial charge on any atom is 2.00 e. The van der Waals surface area contributed by atoms with Crippen molar-refractivity contribution < 1.29 is 43.4 Å². The van der Waals surface area contributed by atoms with Crippen molar-refractivity contribution in [3.05, 3.63) is 0 Å². The Morgan fingerprint density at radius 3 is 1.12 bits per heavy atom. The summed E-state index contributed by atoms with van der Waals surface area (Å²) in [5.41, 5.74) is 0. The van der Waals surface area contributed by atoms with Gasteiger partial charge < -0.3 is 34.6 Å². The Morgan fingerprint density at radius 2 is 0.875 bits per heavy atom. The van der Waals surface area contributed by atoms with Crippen LogP contribution in [0.3, 0.4) is 0 Å². The van der Waals surface area contributed by atoms with Crippen molar-refractivity contribution >= 4 is 5.97 Å². The minimum Gasteiger partial charge on any atom is -1.00 e. The Balaban J connectivity index is -0.000000301. The van der Waals surface area contributed by atoms with Gasteiger partial charge in [-0.05, 0) is 12.8 Å². The molecule has 0 heterocycles. The van der Waals surface area contributed by atoms with E-state index >= 15 is 0 Å². The number of carboxylic acids is 1. The van der Waals surface area contributed by atoms with Gasteiger partial charge in [0.25, 0.3) is 0 Å². The van der Waals surface area contributed by atoms with Crippen LogP contribution < -0.4 is 29.8 Å². The van der Waals surface area contributed by atoms with Crippen LogP contribution in [-0.4, -0.2) is 5.97 Å². The normalized spacial score (nSPS) is 9.04. The summed E-state index contributed by atoms with van der Waals surface area (Å²) in [6.07, 6.45) is 19.9. The zero-order valence-electron chi connectivity index (χ0n) is 15.7. The van der Waals surface area contributed by atoms with E-state index in [4.69, 9.17) is 0 Å². The number of rotatable bonds is 16. The largest absolute Gasteiger partial charge is 2.00 e. The fraction of sp³-hybridized carbons (Fsp3) is 0.944. The van der Waals surface area contributed by atoms with Gasteiger partial charge in [-0.25, -0.2) is 0 Å². The van der Waals surface area contributed by atoms with Crippen molar-refractivity contribution in [1.82, 2.24) is 12.3 Å². The Hall–Kier alpha value is 0.368. The number of carboxylic acid groups (broad SMARTS) is 1. The molecule has 0 atom stereocenters. The molecular formula is C18H41ClN2O2Pt. The first-order valence-electron chi connectivity index (χ1n) is 8.97. The minimum absolute atomic E-state index is 0. The molecule has 0 aliphatic heterocycles. The molecule has 0 unspecified atom stereocenters. The van der Waals surface area contributed by atoms with Gasteiger partial charge in [-0.3, -0.25) is 0 Å². The van der Waals surface area contributed by atoms with Gasteiger partial charge in [0.2, 0.25) is 0 Å². The van der Waals surface area contributed by atoms with E-state index in [1.165, 1.54) is 83.5 Å². The zero-order valence-corrected chi connectivity index (χ0v) is 18.8. The second-order valence-electron chi connectivity index (χ2n) is 6.07. The smallest absolute Gasteiger partial charge is 1.00 e. The van der Waals surface area contributed by atoms with Crippen molar-refractivity contribution in [2.45, 2.75) is 110 Å². The summed E-state index contributed by atoms with van der Waals surface area (Å²) in [6.45, 7) is 2.27. The first-order valence-corrected chi connectivity index (χ1v) is 8.97. The Kier molecular flexibility index (Phi) is 46.1. The number of aliphatic carboxylic acids is 1. The summed E-state index contributed by atoms with van der Waals surface area (Å²) >= 11 is 0. The molecule has 0 bridgehead atoms. The van der Waals surface area contributed by atoms with Crippen LogP contribution >= 0.6 is 0 Å². The molecule has 152 valence electrons.